The number of carbonyl (C=O) groups excluding carboxylic acids is 2. The molecule has 0 aliphatic carbocycles. The molecule has 1 fully saturated rings. The number of likely N-dealkylation sites (N-methyl/N-ethyl adjacent to an activating group) is 1. The van der Waals surface area contributed by atoms with Gasteiger partial charge in [0.25, 0.3) is 0 Å². The van der Waals surface area contributed by atoms with Gasteiger partial charge in [0.15, 0.2) is 0 Å². The van der Waals surface area contributed by atoms with Crippen LogP contribution in [0.25, 0.3) is 0 Å². The maximum atomic E-state index is 12.0. The number of carbonyl (C=O) groups is 2. The van der Waals surface area contributed by atoms with Crippen LogP contribution in [-0.2, 0) is 4.79 Å². The minimum absolute atomic E-state index is 0.0415. The number of amides is 3. The molecule has 1 aliphatic rings. The van der Waals surface area contributed by atoms with Crippen LogP contribution in [0.3, 0.4) is 0 Å². The van der Waals surface area contributed by atoms with E-state index in [1.807, 2.05) is 49.3 Å². The van der Waals surface area contributed by atoms with E-state index in [4.69, 9.17) is 0 Å². The summed E-state index contributed by atoms with van der Waals surface area (Å²) >= 11 is 0. The average Bonchev–Trinajstić information content (AvgIpc) is 2.80. The predicted octanol–water partition coefficient (Wildman–Crippen LogP) is 0.653. The van der Waals surface area contributed by atoms with E-state index in [9.17, 15) is 9.59 Å². The second-order valence-corrected chi connectivity index (χ2v) is 5.44. The lowest BCUT2D eigenvalue weighted by Gasteiger charge is -2.17. The Labute approximate surface area is 125 Å². The van der Waals surface area contributed by atoms with Crippen molar-refractivity contribution in [3.63, 3.8) is 0 Å². The highest BCUT2D eigenvalue weighted by molar-refractivity contribution is 5.96. The molecule has 114 valence electrons. The van der Waals surface area contributed by atoms with Crippen LogP contribution < -0.4 is 15.5 Å². The molecular formula is C15H22N4O2. The maximum absolute atomic E-state index is 12.0. The van der Waals surface area contributed by atoms with Crippen molar-refractivity contribution in [2.45, 2.75) is 12.5 Å². The largest absolute Gasteiger partial charge is 0.337 e. The van der Waals surface area contributed by atoms with Gasteiger partial charge in [-0.2, -0.15) is 0 Å². The zero-order valence-corrected chi connectivity index (χ0v) is 12.5. The quantitative estimate of drug-likeness (QED) is 0.837. The van der Waals surface area contributed by atoms with Crippen LogP contribution >= 0.6 is 0 Å². The van der Waals surface area contributed by atoms with Crippen LogP contribution in [0.15, 0.2) is 30.3 Å². The Bertz CT molecular complexity index is 490. The van der Waals surface area contributed by atoms with Crippen molar-refractivity contribution in [2.24, 2.45) is 0 Å². The smallest absolute Gasteiger partial charge is 0.315 e. The summed E-state index contributed by atoms with van der Waals surface area (Å²) < 4.78 is 0. The van der Waals surface area contributed by atoms with Gasteiger partial charge in [-0.15, -0.1) is 0 Å². The predicted molar refractivity (Wildman–Crippen MR) is 82.3 cm³/mol. The number of urea groups is 1. The second-order valence-electron chi connectivity index (χ2n) is 5.44. The second kappa shape index (κ2) is 7.08. The monoisotopic (exact) mass is 290 g/mol. The highest BCUT2D eigenvalue weighted by Crippen LogP contribution is 2.20. The molecule has 0 unspecified atom stereocenters. The van der Waals surface area contributed by atoms with Gasteiger partial charge in [-0.1, -0.05) is 18.2 Å². The van der Waals surface area contributed by atoms with Crippen molar-refractivity contribution >= 4 is 17.6 Å². The molecule has 0 radical (unpaired) electrons. The number of hydrogen-bond donors (Lipinski definition) is 2. The molecule has 1 aromatic rings. The Kier molecular flexibility index (Phi) is 5.16. The van der Waals surface area contributed by atoms with Gasteiger partial charge < -0.3 is 20.4 Å². The third kappa shape index (κ3) is 4.46. The van der Waals surface area contributed by atoms with E-state index in [1.54, 1.807) is 4.90 Å². The first-order chi connectivity index (χ1) is 10.1. The van der Waals surface area contributed by atoms with Gasteiger partial charge in [-0.3, -0.25) is 4.79 Å². The number of nitrogens with one attached hydrogen (secondary N) is 2. The molecule has 2 rings (SSSR count). The van der Waals surface area contributed by atoms with Crippen LogP contribution in [-0.4, -0.2) is 56.6 Å². The van der Waals surface area contributed by atoms with Crippen LogP contribution in [0, 0.1) is 0 Å². The van der Waals surface area contributed by atoms with Crippen molar-refractivity contribution in [2.75, 3.05) is 38.6 Å². The zero-order chi connectivity index (χ0) is 15.2. The highest BCUT2D eigenvalue weighted by atomic mass is 16.2. The SMILES string of the molecule is CN(C)CCNC(=O)N[C@@H]1CC(=O)N(c2ccccc2)C1. The lowest BCUT2D eigenvalue weighted by molar-refractivity contribution is -0.117. The summed E-state index contributed by atoms with van der Waals surface area (Å²) in [5.74, 6) is 0.0415. The Hall–Kier alpha value is -2.08. The fourth-order valence-corrected chi connectivity index (χ4v) is 2.29. The summed E-state index contributed by atoms with van der Waals surface area (Å²) in [6.07, 6.45) is 0.343. The minimum atomic E-state index is -0.218. The van der Waals surface area contributed by atoms with Crippen LogP contribution in [0.2, 0.25) is 0 Å². The number of benzene rings is 1. The van der Waals surface area contributed by atoms with E-state index in [-0.39, 0.29) is 18.0 Å². The van der Waals surface area contributed by atoms with Gasteiger partial charge in [0, 0.05) is 31.7 Å². The molecule has 0 bridgehead atoms. The van der Waals surface area contributed by atoms with Crippen molar-refractivity contribution in [3.05, 3.63) is 30.3 Å². The lowest BCUT2D eigenvalue weighted by Crippen LogP contribution is -2.45. The molecule has 1 aromatic carbocycles. The Morgan fingerprint density at radius 1 is 1.33 bits per heavy atom. The van der Waals surface area contributed by atoms with Gasteiger partial charge in [-0.05, 0) is 26.2 Å². The van der Waals surface area contributed by atoms with E-state index in [0.29, 0.717) is 19.5 Å². The van der Waals surface area contributed by atoms with Crippen LogP contribution in [0.1, 0.15) is 6.42 Å². The summed E-state index contributed by atoms with van der Waals surface area (Å²) in [5.41, 5.74) is 0.875. The molecule has 1 atom stereocenters. The average molecular weight is 290 g/mol. The Morgan fingerprint density at radius 3 is 2.71 bits per heavy atom. The molecule has 0 aromatic heterocycles. The Balaban J connectivity index is 1.81. The molecule has 0 saturated carbocycles. The fourth-order valence-electron chi connectivity index (χ4n) is 2.29. The van der Waals surface area contributed by atoms with Crippen molar-refractivity contribution in [1.29, 1.82) is 0 Å². The number of hydrogen-bond acceptors (Lipinski definition) is 3. The number of anilines is 1. The lowest BCUT2D eigenvalue weighted by atomic mass is 10.2. The van der Waals surface area contributed by atoms with Gasteiger partial charge in [0.1, 0.15) is 0 Å². The van der Waals surface area contributed by atoms with Gasteiger partial charge in [-0.25, -0.2) is 4.79 Å². The highest BCUT2D eigenvalue weighted by Gasteiger charge is 2.31. The van der Waals surface area contributed by atoms with Crippen molar-refractivity contribution in [3.8, 4) is 0 Å². The molecular weight excluding hydrogens is 268 g/mol. The molecule has 1 heterocycles. The van der Waals surface area contributed by atoms with E-state index >= 15 is 0 Å². The summed E-state index contributed by atoms with van der Waals surface area (Å²) in [5, 5.41) is 5.64. The topological polar surface area (TPSA) is 64.7 Å². The number of rotatable bonds is 5. The molecule has 3 amide bonds. The summed E-state index contributed by atoms with van der Waals surface area (Å²) in [4.78, 5) is 27.5. The zero-order valence-electron chi connectivity index (χ0n) is 12.5. The molecule has 6 heteroatoms. The first kappa shape index (κ1) is 15.3. The minimum Gasteiger partial charge on any atom is -0.337 e. The summed E-state index contributed by atoms with van der Waals surface area (Å²) in [7, 11) is 3.90. The van der Waals surface area contributed by atoms with Crippen molar-refractivity contribution in [1.82, 2.24) is 15.5 Å². The Morgan fingerprint density at radius 2 is 2.05 bits per heavy atom. The first-order valence-corrected chi connectivity index (χ1v) is 7.11. The van der Waals surface area contributed by atoms with Gasteiger partial charge in [0.05, 0.1) is 6.04 Å². The van der Waals surface area contributed by atoms with E-state index in [0.717, 1.165) is 12.2 Å². The molecule has 1 saturated heterocycles. The summed E-state index contributed by atoms with van der Waals surface area (Å²) in [6.45, 7) is 1.89. The summed E-state index contributed by atoms with van der Waals surface area (Å²) in [6, 6.07) is 9.16. The molecule has 6 nitrogen and oxygen atoms in total. The van der Waals surface area contributed by atoms with E-state index in [2.05, 4.69) is 10.6 Å². The normalized spacial score (nSPS) is 18.1. The van der Waals surface area contributed by atoms with Crippen LogP contribution in [0.5, 0.6) is 0 Å². The maximum Gasteiger partial charge on any atom is 0.315 e. The molecule has 1 aliphatic heterocycles. The number of para-hydroxylation sites is 1. The third-order valence-electron chi connectivity index (χ3n) is 3.37. The van der Waals surface area contributed by atoms with E-state index in [1.165, 1.54) is 0 Å². The van der Waals surface area contributed by atoms with Gasteiger partial charge in [0.2, 0.25) is 5.91 Å². The van der Waals surface area contributed by atoms with Crippen molar-refractivity contribution < 1.29 is 9.59 Å². The van der Waals surface area contributed by atoms with E-state index < -0.39 is 0 Å². The molecule has 2 N–H and O–H groups in total. The van der Waals surface area contributed by atoms with Gasteiger partial charge >= 0.3 is 6.03 Å². The number of nitrogens with zero attached hydrogens (tertiary/aromatic N) is 2. The third-order valence-corrected chi connectivity index (χ3v) is 3.37. The standard InChI is InChI=1S/C15H22N4O2/c1-18(2)9-8-16-15(21)17-12-10-14(20)19(11-12)13-6-4-3-5-7-13/h3-7,12H,8-11H2,1-2H3,(H2,16,17,21)/t12-/m1/s1. The first-order valence-electron chi connectivity index (χ1n) is 7.11. The molecule has 21 heavy (non-hydrogen) atoms. The molecule has 0 spiro atoms. The van der Waals surface area contributed by atoms with Crippen LogP contribution in [0.4, 0.5) is 10.5 Å². The fraction of sp³-hybridized carbons (Fsp3) is 0.467.